The molecular formula is C73H48N2. The zero-order valence-corrected chi connectivity index (χ0v) is 41.1. The summed E-state index contributed by atoms with van der Waals surface area (Å²) in [4.78, 5) is 2.43. The quantitative estimate of drug-likeness (QED) is 0.147. The molecule has 0 radical (unpaired) electrons. The Balaban J connectivity index is 0.814. The Labute approximate surface area is 437 Å². The molecule has 1 spiro atoms. The van der Waals surface area contributed by atoms with E-state index in [2.05, 4.69) is 301 Å². The fraction of sp³-hybridized carbons (Fsp3) is 0.0137. The van der Waals surface area contributed by atoms with Gasteiger partial charge in [-0.1, -0.05) is 218 Å². The maximum Gasteiger partial charge on any atom is 0.0726 e. The molecule has 0 saturated heterocycles. The molecule has 75 heavy (non-hydrogen) atoms. The van der Waals surface area contributed by atoms with E-state index in [1.807, 2.05) is 0 Å². The first-order valence-corrected chi connectivity index (χ1v) is 26.0. The summed E-state index contributed by atoms with van der Waals surface area (Å²) >= 11 is 0. The van der Waals surface area contributed by atoms with Crippen molar-refractivity contribution in [3.63, 3.8) is 0 Å². The van der Waals surface area contributed by atoms with Gasteiger partial charge in [0.05, 0.1) is 16.4 Å². The van der Waals surface area contributed by atoms with E-state index >= 15 is 0 Å². The van der Waals surface area contributed by atoms with Crippen molar-refractivity contribution in [1.29, 1.82) is 0 Å². The van der Waals surface area contributed by atoms with E-state index in [9.17, 15) is 0 Å². The second-order valence-electron chi connectivity index (χ2n) is 20.0. The van der Waals surface area contributed by atoms with Gasteiger partial charge in [0.2, 0.25) is 0 Å². The van der Waals surface area contributed by atoms with Crippen LogP contribution in [-0.4, -0.2) is 4.57 Å². The van der Waals surface area contributed by atoms with Crippen LogP contribution in [0.25, 0.3) is 94.3 Å². The molecule has 0 amide bonds. The number of nitrogens with zero attached hydrogens (tertiary/aromatic N) is 2. The van der Waals surface area contributed by atoms with E-state index in [0.717, 1.165) is 22.7 Å². The summed E-state index contributed by atoms with van der Waals surface area (Å²) in [6.45, 7) is 0. The highest BCUT2D eigenvalue weighted by molar-refractivity contribution is 6.10. The monoisotopic (exact) mass is 952 g/mol. The summed E-state index contributed by atoms with van der Waals surface area (Å²) in [6, 6.07) is 107. The SMILES string of the molecule is c1ccc(-c2ccc(N(c3ccc(-c4cccc(-c5ccc6c(c5)c5ccccc5n6-c5ccc(-c6ccccc6)cc5)c4)cc3)c3ccc4c(c3)C3(c5ccccc5-c5ccccc53)c3ccccc3-4)cc2)cc1. The van der Waals surface area contributed by atoms with Crippen LogP contribution >= 0.6 is 0 Å². The standard InChI is InChI=1S/C73H48N2/c1-3-16-49(17-4-1)51-30-37-57(38-31-51)74(60-43-44-64-63-24-9-13-28-69(63)73(70(64)48-60)67-26-11-7-22-61(67)62-23-8-12-27-68(62)73)58-39-34-53(35-40-58)54-20-15-21-55(46-54)56-36-45-72-66(47-56)65-25-10-14-29-71(65)75(72)59-41-32-52(33-42-59)50-18-5-2-6-19-50/h1-48H. The zero-order chi connectivity index (χ0) is 49.5. The number of anilines is 3. The topological polar surface area (TPSA) is 8.17 Å². The lowest BCUT2D eigenvalue weighted by Gasteiger charge is -2.32. The molecule has 1 aromatic heterocycles. The number of benzene rings is 12. The smallest absolute Gasteiger partial charge is 0.0726 e. The summed E-state index contributed by atoms with van der Waals surface area (Å²) in [6.07, 6.45) is 0. The lowest BCUT2D eigenvalue weighted by molar-refractivity contribution is 0.793. The van der Waals surface area contributed by atoms with Crippen molar-refractivity contribution in [3.05, 3.63) is 313 Å². The molecule has 350 valence electrons. The van der Waals surface area contributed by atoms with Crippen LogP contribution in [0, 0.1) is 0 Å². The fourth-order valence-electron chi connectivity index (χ4n) is 12.6. The molecule has 0 fully saturated rings. The third-order valence-electron chi connectivity index (χ3n) is 16.0. The third-order valence-corrected chi connectivity index (χ3v) is 16.0. The predicted molar refractivity (Wildman–Crippen MR) is 314 cm³/mol. The van der Waals surface area contributed by atoms with E-state index < -0.39 is 5.41 Å². The van der Waals surface area contributed by atoms with Crippen molar-refractivity contribution in [2.75, 3.05) is 4.90 Å². The molecule has 2 heteroatoms. The highest BCUT2D eigenvalue weighted by atomic mass is 15.1. The molecular weight excluding hydrogens is 905 g/mol. The summed E-state index contributed by atoms with van der Waals surface area (Å²) < 4.78 is 2.40. The number of para-hydroxylation sites is 1. The maximum absolute atomic E-state index is 2.48. The minimum Gasteiger partial charge on any atom is -0.310 e. The number of rotatable bonds is 8. The van der Waals surface area contributed by atoms with Crippen molar-refractivity contribution in [2.24, 2.45) is 0 Å². The van der Waals surface area contributed by atoms with Gasteiger partial charge in [-0.2, -0.15) is 0 Å². The zero-order valence-electron chi connectivity index (χ0n) is 41.1. The molecule has 0 atom stereocenters. The van der Waals surface area contributed by atoms with Gasteiger partial charge in [-0.15, -0.1) is 0 Å². The second kappa shape index (κ2) is 17.2. The molecule has 2 aliphatic carbocycles. The Kier molecular flexibility index (Phi) is 9.83. The van der Waals surface area contributed by atoms with Gasteiger partial charge in [0.25, 0.3) is 0 Å². The summed E-state index contributed by atoms with van der Waals surface area (Å²) in [5, 5.41) is 2.48. The molecule has 1 heterocycles. The van der Waals surface area contributed by atoms with Crippen molar-refractivity contribution >= 4 is 38.9 Å². The largest absolute Gasteiger partial charge is 0.310 e. The third kappa shape index (κ3) is 6.73. The Morgan fingerprint density at radius 1 is 0.240 bits per heavy atom. The molecule has 0 saturated carbocycles. The first-order chi connectivity index (χ1) is 37.2. The van der Waals surface area contributed by atoms with E-state index in [1.165, 1.54) is 111 Å². The minimum atomic E-state index is -0.441. The molecule has 15 rings (SSSR count). The van der Waals surface area contributed by atoms with Gasteiger partial charge in [0.15, 0.2) is 0 Å². The lowest BCUT2D eigenvalue weighted by Crippen LogP contribution is -2.26. The van der Waals surface area contributed by atoms with Gasteiger partial charge in [-0.25, -0.2) is 0 Å². The molecule has 2 aliphatic rings. The highest BCUT2D eigenvalue weighted by Gasteiger charge is 2.51. The summed E-state index contributed by atoms with van der Waals surface area (Å²) in [7, 11) is 0. The Hall–Kier alpha value is -9.76. The van der Waals surface area contributed by atoms with E-state index in [-0.39, 0.29) is 0 Å². The lowest BCUT2D eigenvalue weighted by atomic mass is 9.70. The fourth-order valence-corrected chi connectivity index (χ4v) is 12.6. The minimum absolute atomic E-state index is 0.441. The van der Waals surface area contributed by atoms with Crippen molar-refractivity contribution in [3.8, 4) is 72.4 Å². The molecule has 0 unspecified atom stereocenters. The van der Waals surface area contributed by atoms with Gasteiger partial charge < -0.3 is 9.47 Å². The van der Waals surface area contributed by atoms with E-state index in [0.29, 0.717) is 0 Å². The van der Waals surface area contributed by atoms with E-state index in [4.69, 9.17) is 0 Å². The number of hydrogen-bond donors (Lipinski definition) is 0. The number of hydrogen-bond acceptors (Lipinski definition) is 1. The van der Waals surface area contributed by atoms with Gasteiger partial charge in [0.1, 0.15) is 0 Å². The van der Waals surface area contributed by atoms with Crippen LogP contribution in [-0.2, 0) is 5.41 Å². The Bertz CT molecular complexity index is 4260. The molecule has 0 N–H and O–H groups in total. The Morgan fingerprint density at radius 2 is 0.640 bits per heavy atom. The molecule has 12 aromatic carbocycles. The highest BCUT2D eigenvalue weighted by Crippen LogP contribution is 2.63. The Morgan fingerprint density at radius 3 is 1.23 bits per heavy atom. The van der Waals surface area contributed by atoms with Crippen LogP contribution < -0.4 is 4.90 Å². The van der Waals surface area contributed by atoms with Crippen LogP contribution in [0.15, 0.2) is 291 Å². The summed E-state index contributed by atoms with van der Waals surface area (Å²) in [5.41, 5.74) is 26.5. The van der Waals surface area contributed by atoms with Crippen LogP contribution in [0.2, 0.25) is 0 Å². The van der Waals surface area contributed by atoms with Crippen LogP contribution in [0.1, 0.15) is 22.3 Å². The first kappa shape index (κ1) is 42.9. The second-order valence-corrected chi connectivity index (χ2v) is 20.0. The van der Waals surface area contributed by atoms with Crippen molar-refractivity contribution < 1.29 is 0 Å². The van der Waals surface area contributed by atoms with Gasteiger partial charge in [0, 0.05) is 33.5 Å². The first-order valence-electron chi connectivity index (χ1n) is 26.0. The number of fused-ring (bicyclic) bond motifs is 13. The van der Waals surface area contributed by atoms with Crippen molar-refractivity contribution in [1.82, 2.24) is 4.57 Å². The average Bonchev–Trinajstić information content (AvgIpc) is 4.26. The maximum atomic E-state index is 2.48. The molecule has 0 bridgehead atoms. The predicted octanol–water partition coefficient (Wildman–Crippen LogP) is 19.3. The van der Waals surface area contributed by atoms with Crippen LogP contribution in [0.4, 0.5) is 17.1 Å². The average molecular weight is 953 g/mol. The normalized spacial score (nSPS) is 12.6. The van der Waals surface area contributed by atoms with E-state index in [1.54, 1.807) is 0 Å². The molecule has 0 aliphatic heterocycles. The molecule has 2 nitrogen and oxygen atoms in total. The van der Waals surface area contributed by atoms with Gasteiger partial charge in [-0.05, 0) is 162 Å². The van der Waals surface area contributed by atoms with Crippen molar-refractivity contribution in [2.45, 2.75) is 5.41 Å². The van der Waals surface area contributed by atoms with Gasteiger partial charge >= 0.3 is 0 Å². The van der Waals surface area contributed by atoms with Crippen LogP contribution in [0.5, 0.6) is 0 Å². The van der Waals surface area contributed by atoms with Crippen LogP contribution in [0.3, 0.4) is 0 Å². The molecule has 13 aromatic rings. The van der Waals surface area contributed by atoms with Gasteiger partial charge in [-0.3, -0.25) is 0 Å². The number of aromatic nitrogens is 1. The summed E-state index contributed by atoms with van der Waals surface area (Å²) in [5.74, 6) is 0.